The van der Waals surface area contributed by atoms with Crippen molar-refractivity contribution in [2.75, 3.05) is 0 Å². The van der Waals surface area contributed by atoms with Gasteiger partial charge in [-0.3, -0.25) is 9.35 Å². The van der Waals surface area contributed by atoms with Gasteiger partial charge in [-0.2, -0.15) is 8.42 Å². The Morgan fingerprint density at radius 2 is 1.81 bits per heavy atom. The van der Waals surface area contributed by atoms with E-state index in [1.54, 1.807) is 24.3 Å². The molecule has 0 amide bonds. The highest BCUT2D eigenvalue weighted by Crippen LogP contribution is 2.68. The van der Waals surface area contributed by atoms with Gasteiger partial charge in [0.1, 0.15) is 11.9 Å². The molecule has 0 spiro atoms. The average Bonchev–Trinajstić information content (AvgIpc) is 3.35. The number of carbonyl (C=O) groups is 2. The van der Waals surface area contributed by atoms with Crippen molar-refractivity contribution in [3.63, 3.8) is 0 Å². The lowest BCUT2D eigenvalue weighted by Gasteiger charge is -2.62. The summed E-state index contributed by atoms with van der Waals surface area (Å²) in [4.78, 5) is 26.1. The minimum absolute atomic E-state index is 0.0540. The predicted octanol–water partition coefficient (Wildman–Crippen LogP) is 7.31. The summed E-state index contributed by atoms with van der Waals surface area (Å²) in [7, 11) is -5.28. The topological polar surface area (TPSA) is 107 Å². The standard InChI is InChI=1S/C34H50O7S/c1-21(2)29(41-42(37,38)39)14-11-22(3)26-12-13-27-31-28(16-18-34(26,27)5)33(4)17-15-25(35)19-24(33)20-30(31)40-32(36)23-9-7-6-8-10-23/h6-10,21-22,24,26-31H,11-20H2,1-5H3,(H,37,38,39)/t22-,24-,26-,27?,28?,29?,30-,31?,33+,34-/m1/s1/i1D3,2D3,21D. The summed E-state index contributed by atoms with van der Waals surface area (Å²) >= 11 is 0. The van der Waals surface area contributed by atoms with Crippen molar-refractivity contribution in [3.05, 3.63) is 35.9 Å². The van der Waals surface area contributed by atoms with Crippen molar-refractivity contribution in [3.8, 4) is 0 Å². The number of esters is 1. The number of benzene rings is 1. The maximum atomic E-state index is 13.4. The summed E-state index contributed by atoms with van der Waals surface area (Å²) in [6.07, 6.45) is 3.24. The van der Waals surface area contributed by atoms with E-state index in [0.717, 1.165) is 32.1 Å². The molecule has 10 atom stereocenters. The second-order valence-corrected chi connectivity index (χ2v) is 15.0. The van der Waals surface area contributed by atoms with Gasteiger partial charge >= 0.3 is 16.4 Å². The number of carbonyl (C=O) groups excluding carboxylic acids is 2. The van der Waals surface area contributed by atoms with Crippen LogP contribution < -0.4 is 0 Å². The van der Waals surface area contributed by atoms with Crippen molar-refractivity contribution in [2.24, 2.45) is 52.2 Å². The zero-order chi connectivity index (χ0) is 36.4. The second-order valence-electron chi connectivity index (χ2n) is 14.0. The second kappa shape index (κ2) is 12.0. The number of fused-ring (bicyclic) bond motifs is 5. The normalized spacial score (nSPS) is 41.1. The summed E-state index contributed by atoms with van der Waals surface area (Å²) in [6, 6.07) is 8.90. The lowest BCUT2D eigenvalue weighted by Crippen LogP contribution is -2.59. The predicted molar refractivity (Wildman–Crippen MR) is 161 cm³/mol. The average molecular weight is 610 g/mol. The van der Waals surface area contributed by atoms with Crippen LogP contribution in [0, 0.1) is 52.2 Å². The number of ether oxygens (including phenoxy) is 1. The summed E-state index contributed by atoms with van der Waals surface area (Å²) in [5.41, 5.74) is 0.212. The Bertz CT molecular complexity index is 1490. The zero-order valence-corrected chi connectivity index (χ0v) is 25.7. The minimum atomic E-state index is -5.28. The van der Waals surface area contributed by atoms with E-state index >= 15 is 0 Å². The van der Waals surface area contributed by atoms with Crippen LogP contribution in [0.3, 0.4) is 0 Å². The van der Waals surface area contributed by atoms with E-state index in [0.29, 0.717) is 24.8 Å². The first-order valence-corrected chi connectivity index (χ1v) is 16.8. The van der Waals surface area contributed by atoms with E-state index in [1.165, 1.54) is 0 Å². The van der Waals surface area contributed by atoms with Gasteiger partial charge in [0.25, 0.3) is 0 Å². The van der Waals surface area contributed by atoms with Crippen LogP contribution in [0.4, 0.5) is 0 Å². The van der Waals surface area contributed by atoms with Crippen molar-refractivity contribution < 1.29 is 41.1 Å². The SMILES string of the molecule is [2H]C([2H])([2H])C([2H])(C(CC[C@@H](C)[C@H]1CCC2C3C(CC[C@@]21C)[C@@]1(C)CCC(=O)C[C@@H]1C[C@H]3OC(=O)c1ccccc1)OS(=O)(=O)O)C([2H])([2H])[2H]. The largest absolute Gasteiger partial charge is 0.458 e. The molecule has 4 fully saturated rings. The maximum absolute atomic E-state index is 13.4. The van der Waals surface area contributed by atoms with Crippen LogP contribution in [0.25, 0.3) is 0 Å². The van der Waals surface area contributed by atoms with E-state index in [1.807, 2.05) is 13.0 Å². The molecule has 8 heteroatoms. The molecule has 4 aliphatic rings. The van der Waals surface area contributed by atoms with E-state index in [-0.39, 0.29) is 77.0 Å². The van der Waals surface area contributed by atoms with Gasteiger partial charge in [-0.15, -0.1) is 0 Å². The van der Waals surface area contributed by atoms with Crippen LogP contribution >= 0.6 is 0 Å². The first kappa shape index (κ1) is 23.6. The third-order valence-electron chi connectivity index (χ3n) is 11.9. The smallest absolute Gasteiger partial charge is 0.397 e. The van der Waals surface area contributed by atoms with Gasteiger partial charge in [0.05, 0.1) is 11.7 Å². The molecule has 4 unspecified atom stereocenters. The Morgan fingerprint density at radius 1 is 1.10 bits per heavy atom. The van der Waals surface area contributed by atoms with Crippen LogP contribution in [0.5, 0.6) is 0 Å². The zero-order valence-electron chi connectivity index (χ0n) is 31.9. The number of ketones is 1. The minimum Gasteiger partial charge on any atom is -0.458 e. The van der Waals surface area contributed by atoms with Crippen LogP contribution in [-0.2, 0) is 24.1 Å². The van der Waals surface area contributed by atoms with Gasteiger partial charge in [0, 0.05) is 28.4 Å². The summed E-state index contributed by atoms with van der Waals surface area (Å²) in [5.74, 6) is -2.82. The molecular formula is C34H50O7S. The van der Waals surface area contributed by atoms with Crippen molar-refractivity contribution in [1.82, 2.24) is 0 Å². The molecule has 7 nitrogen and oxygen atoms in total. The number of rotatable bonds is 9. The molecule has 0 heterocycles. The molecular weight excluding hydrogens is 552 g/mol. The molecule has 1 aromatic carbocycles. The van der Waals surface area contributed by atoms with Crippen LogP contribution in [0.15, 0.2) is 30.3 Å². The van der Waals surface area contributed by atoms with Gasteiger partial charge in [-0.1, -0.05) is 52.7 Å². The van der Waals surface area contributed by atoms with Gasteiger partial charge in [0.15, 0.2) is 0 Å². The van der Waals surface area contributed by atoms with Crippen molar-refractivity contribution in [2.45, 2.75) is 111 Å². The Labute approximate surface area is 262 Å². The lowest BCUT2D eigenvalue weighted by molar-refractivity contribution is -0.170. The molecule has 4 saturated carbocycles. The molecule has 0 bridgehead atoms. The van der Waals surface area contributed by atoms with E-state index in [2.05, 4.69) is 18.0 Å². The van der Waals surface area contributed by atoms with Gasteiger partial charge in [-0.05, 0) is 110 Å². The fourth-order valence-corrected chi connectivity index (χ4v) is 10.4. The van der Waals surface area contributed by atoms with Gasteiger partial charge in [0.2, 0.25) is 0 Å². The van der Waals surface area contributed by atoms with Gasteiger partial charge in [-0.25, -0.2) is 8.98 Å². The summed E-state index contributed by atoms with van der Waals surface area (Å²) in [6.45, 7) is -0.339. The molecule has 0 saturated heterocycles. The Hall–Kier alpha value is -1.77. The van der Waals surface area contributed by atoms with E-state index in [4.69, 9.17) is 14.3 Å². The molecule has 0 radical (unpaired) electrons. The molecule has 0 aliphatic heterocycles. The summed E-state index contributed by atoms with van der Waals surface area (Å²) < 4.78 is 99.8. The fraction of sp³-hybridized carbons (Fsp3) is 0.765. The monoisotopic (exact) mass is 609 g/mol. The highest BCUT2D eigenvalue weighted by molar-refractivity contribution is 7.80. The molecule has 234 valence electrons. The summed E-state index contributed by atoms with van der Waals surface area (Å²) in [5, 5.41) is 0. The number of hydrogen-bond donors (Lipinski definition) is 1. The lowest BCUT2D eigenvalue weighted by atomic mass is 9.43. The van der Waals surface area contributed by atoms with Crippen LogP contribution in [-0.4, -0.2) is 36.9 Å². The van der Waals surface area contributed by atoms with Crippen molar-refractivity contribution >= 4 is 22.2 Å². The first-order chi connectivity index (χ1) is 22.5. The fourth-order valence-electron chi connectivity index (χ4n) is 9.87. The quantitative estimate of drug-likeness (QED) is 0.231. The maximum Gasteiger partial charge on any atom is 0.397 e. The first-order valence-electron chi connectivity index (χ1n) is 19.0. The molecule has 4 aliphatic carbocycles. The number of hydrogen-bond acceptors (Lipinski definition) is 6. The molecule has 1 N–H and O–H groups in total. The Kier molecular flexibility index (Phi) is 6.72. The van der Waals surface area contributed by atoms with Crippen LogP contribution in [0.2, 0.25) is 0 Å². The Balaban J connectivity index is 1.41. The highest BCUT2D eigenvalue weighted by Gasteiger charge is 2.63. The van der Waals surface area contributed by atoms with Crippen LogP contribution in [0.1, 0.15) is 119 Å². The van der Waals surface area contributed by atoms with E-state index < -0.39 is 36.1 Å². The van der Waals surface area contributed by atoms with E-state index in [9.17, 15) is 22.6 Å². The third-order valence-corrected chi connectivity index (χ3v) is 12.4. The number of Topliss-reactive ketones (excluding diaryl/α,β-unsaturated/α-hetero) is 1. The Morgan fingerprint density at radius 3 is 2.50 bits per heavy atom. The highest BCUT2D eigenvalue weighted by atomic mass is 32.3. The molecule has 0 aromatic heterocycles. The molecule has 1 aromatic rings. The third kappa shape index (κ3) is 6.10. The molecule has 42 heavy (non-hydrogen) atoms. The van der Waals surface area contributed by atoms with Crippen molar-refractivity contribution in [1.29, 1.82) is 0 Å². The molecule has 5 rings (SSSR count). The van der Waals surface area contributed by atoms with Gasteiger partial charge < -0.3 is 4.74 Å².